The Morgan fingerprint density at radius 1 is 1.17 bits per heavy atom. The second-order valence-electron chi connectivity index (χ2n) is 5.31. The van der Waals surface area contributed by atoms with E-state index >= 15 is 0 Å². The van der Waals surface area contributed by atoms with Gasteiger partial charge >= 0.3 is 11.0 Å². The van der Waals surface area contributed by atoms with E-state index in [0.29, 0.717) is 4.88 Å². The van der Waals surface area contributed by atoms with E-state index in [9.17, 15) is 22.8 Å². The van der Waals surface area contributed by atoms with E-state index in [1.807, 2.05) is 30.3 Å². The van der Waals surface area contributed by atoms with Crippen LogP contribution in [0.5, 0.6) is 0 Å². The van der Waals surface area contributed by atoms with Crippen LogP contribution in [0, 0.1) is 0 Å². The van der Waals surface area contributed by atoms with Crippen molar-refractivity contribution < 1.29 is 18.0 Å². The van der Waals surface area contributed by atoms with E-state index in [-0.39, 0.29) is 17.8 Å². The molecule has 0 saturated carbocycles. The molecule has 23 heavy (non-hydrogen) atoms. The average molecular weight is 342 g/mol. The van der Waals surface area contributed by atoms with Crippen LogP contribution in [0.1, 0.15) is 12.5 Å². The normalized spacial score (nSPS) is 18.7. The average Bonchev–Trinajstić information content (AvgIpc) is 3.03. The number of likely N-dealkylation sites (tertiary alicyclic amines) is 1. The summed E-state index contributed by atoms with van der Waals surface area (Å²) in [6.07, 6.45) is -2.67. The minimum absolute atomic E-state index is 0.00592. The van der Waals surface area contributed by atoms with Crippen molar-refractivity contribution in [3.05, 3.63) is 46.2 Å². The first kappa shape index (κ1) is 15.8. The van der Waals surface area contributed by atoms with E-state index in [2.05, 4.69) is 0 Å². The lowest BCUT2D eigenvalue weighted by Crippen LogP contribution is -2.37. The van der Waals surface area contributed by atoms with Crippen molar-refractivity contribution in [2.24, 2.45) is 0 Å². The fourth-order valence-electron chi connectivity index (χ4n) is 2.66. The summed E-state index contributed by atoms with van der Waals surface area (Å²) in [7, 11) is 0. The first-order chi connectivity index (χ1) is 10.8. The van der Waals surface area contributed by atoms with Crippen LogP contribution in [-0.4, -0.2) is 34.6 Å². The highest BCUT2D eigenvalue weighted by Gasteiger charge is 2.40. The van der Waals surface area contributed by atoms with Gasteiger partial charge in [-0.1, -0.05) is 41.7 Å². The zero-order valence-corrected chi connectivity index (χ0v) is 12.7. The molecule has 0 radical (unpaired) electrons. The van der Waals surface area contributed by atoms with E-state index in [1.165, 1.54) is 4.57 Å². The Kier molecular flexibility index (Phi) is 4.01. The summed E-state index contributed by atoms with van der Waals surface area (Å²) < 4.78 is 38.6. The monoisotopic (exact) mass is 342 g/mol. The first-order valence-corrected chi connectivity index (χ1v) is 7.80. The quantitative estimate of drug-likeness (QED) is 0.861. The van der Waals surface area contributed by atoms with Crippen molar-refractivity contribution in [1.82, 2.24) is 9.47 Å². The molecule has 3 rings (SSSR count). The number of nitrogens with zero attached hydrogens (tertiary/aromatic N) is 2. The van der Waals surface area contributed by atoms with Crippen LogP contribution in [0.4, 0.5) is 13.2 Å². The molecule has 1 saturated heterocycles. The Labute approximate surface area is 133 Å². The number of aromatic nitrogens is 1. The van der Waals surface area contributed by atoms with Crippen molar-refractivity contribution in [3.8, 4) is 10.4 Å². The van der Waals surface area contributed by atoms with Gasteiger partial charge in [-0.2, -0.15) is 13.2 Å². The molecule has 0 N–H and O–H groups in total. The van der Waals surface area contributed by atoms with Crippen LogP contribution in [0.25, 0.3) is 10.4 Å². The van der Waals surface area contributed by atoms with Crippen LogP contribution in [0.15, 0.2) is 41.3 Å². The Morgan fingerprint density at radius 2 is 1.87 bits per heavy atom. The fraction of sp³-hybridized carbons (Fsp3) is 0.333. The Bertz CT molecular complexity index is 767. The minimum Gasteiger partial charge on any atom is -0.332 e. The molecular weight excluding hydrogens is 329 g/mol. The number of hydrogen-bond acceptors (Lipinski definition) is 3. The number of hydrogen-bond donors (Lipinski definition) is 0. The van der Waals surface area contributed by atoms with Crippen LogP contribution in [0.2, 0.25) is 0 Å². The number of carbonyl (C=O) groups excluding carboxylic acids is 1. The SMILES string of the molecule is O=C1[C@@H](n2cc(-c3ccccc3)sc2=O)CCN1CC(F)(F)F. The first-order valence-electron chi connectivity index (χ1n) is 6.98. The van der Waals surface area contributed by atoms with E-state index < -0.39 is 24.7 Å². The molecule has 1 amide bonds. The highest BCUT2D eigenvalue weighted by atomic mass is 32.1. The molecule has 0 unspecified atom stereocenters. The van der Waals surface area contributed by atoms with E-state index in [0.717, 1.165) is 21.8 Å². The molecule has 0 spiro atoms. The molecule has 1 aliphatic rings. The number of benzene rings is 1. The van der Waals surface area contributed by atoms with Crippen molar-refractivity contribution in [3.63, 3.8) is 0 Å². The third kappa shape index (κ3) is 3.31. The molecule has 2 heterocycles. The molecule has 1 atom stereocenters. The van der Waals surface area contributed by atoms with E-state index in [1.54, 1.807) is 6.20 Å². The number of rotatable bonds is 3. The van der Waals surface area contributed by atoms with Crippen molar-refractivity contribution in [2.45, 2.75) is 18.6 Å². The molecule has 0 bridgehead atoms. The van der Waals surface area contributed by atoms with Gasteiger partial charge in [-0.25, -0.2) is 0 Å². The number of carbonyl (C=O) groups is 1. The van der Waals surface area contributed by atoms with Gasteiger partial charge < -0.3 is 4.90 Å². The minimum atomic E-state index is -4.43. The molecule has 122 valence electrons. The van der Waals surface area contributed by atoms with Gasteiger partial charge in [-0.05, 0) is 12.0 Å². The molecule has 0 aliphatic carbocycles. The number of halogens is 3. The summed E-state index contributed by atoms with van der Waals surface area (Å²) >= 11 is 0.985. The Hall–Kier alpha value is -2.09. The van der Waals surface area contributed by atoms with Gasteiger partial charge in [0, 0.05) is 12.7 Å². The molecule has 8 heteroatoms. The van der Waals surface area contributed by atoms with Gasteiger partial charge in [0.1, 0.15) is 12.6 Å². The van der Waals surface area contributed by atoms with Gasteiger partial charge in [-0.15, -0.1) is 0 Å². The number of alkyl halides is 3. The van der Waals surface area contributed by atoms with Crippen molar-refractivity contribution in [1.29, 1.82) is 0 Å². The largest absolute Gasteiger partial charge is 0.406 e. The number of amides is 1. The summed E-state index contributed by atoms with van der Waals surface area (Å²) in [4.78, 5) is 25.4. The summed E-state index contributed by atoms with van der Waals surface area (Å²) in [5.74, 6) is -0.651. The van der Waals surface area contributed by atoms with Crippen LogP contribution >= 0.6 is 11.3 Å². The zero-order valence-electron chi connectivity index (χ0n) is 11.9. The van der Waals surface area contributed by atoms with Gasteiger partial charge in [0.25, 0.3) is 0 Å². The Morgan fingerprint density at radius 3 is 2.52 bits per heavy atom. The highest BCUT2D eigenvalue weighted by Crippen LogP contribution is 2.29. The third-order valence-electron chi connectivity index (χ3n) is 3.70. The second kappa shape index (κ2) is 5.84. The molecule has 2 aromatic rings. The molecule has 1 aromatic carbocycles. The summed E-state index contributed by atoms with van der Waals surface area (Å²) in [6, 6.07) is 8.33. The summed E-state index contributed by atoms with van der Waals surface area (Å²) in [5.41, 5.74) is 0.839. The highest BCUT2D eigenvalue weighted by molar-refractivity contribution is 7.12. The second-order valence-corrected chi connectivity index (χ2v) is 6.31. The van der Waals surface area contributed by atoms with Crippen molar-refractivity contribution in [2.75, 3.05) is 13.1 Å². The maximum atomic E-state index is 12.5. The van der Waals surface area contributed by atoms with Gasteiger partial charge in [-0.3, -0.25) is 14.2 Å². The smallest absolute Gasteiger partial charge is 0.332 e. The standard InChI is InChI=1S/C15H13F3N2O2S/c16-15(17,18)9-19-7-6-11(13(19)21)20-8-12(23-14(20)22)10-4-2-1-3-5-10/h1-5,8,11H,6-7,9H2/t11-/m0/s1. The summed E-state index contributed by atoms with van der Waals surface area (Å²) in [5, 5.41) is 0. The predicted molar refractivity (Wildman–Crippen MR) is 80.3 cm³/mol. The molecule has 1 fully saturated rings. The predicted octanol–water partition coefficient (Wildman–Crippen LogP) is 2.91. The number of thiazole rings is 1. The third-order valence-corrected chi connectivity index (χ3v) is 4.64. The lowest BCUT2D eigenvalue weighted by Gasteiger charge is -2.18. The molecule has 4 nitrogen and oxygen atoms in total. The zero-order chi connectivity index (χ0) is 16.6. The van der Waals surface area contributed by atoms with Gasteiger partial charge in [0.2, 0.25) is 5.91 Å². The van der Waals surface area contributed by atoms with Crippen LogP contribution in [-0.2, 0) is 4.79 Å². The summed E-state index contributed by atoms with van der Waals surface area (Å²) in [6.45, 7) is -1.27. The maximum absolute atomic E-state index is 12.5. The molecular formula is C15H13F3N2O2S. The van der Waals surface area contributed by atoms with Crippen molar-refractivity contribution >= 4 is 17.2 Å². The molecule has 1 aliphatic heterocycles. The topological polar surface area (TPSA) is 42.3 Å². The lowest BCUT2D eigenvalue weighted by atomic mass is 10.2. The lowest BCUT2D eigenvalue weighted by molar-refractivity contribution is -0.158. The van der Waals surface area contributed by atoms with E-state index in [4.69, 9.17) is 0 Å². The van der Waals surface area contributed by atoms with Gasteiger partial charge in [0.15, 0.2) is 0 Å². The van der Waals surface area contributed by atoms with Crippen LogP contribution < -0.4 is 4.87 Å². The van der Waals surface area contributed by atoms with Crippen LogP contribution in [0.3, 0.4) is 0 Å². The molecule has 1 aromatic heterocycles. The van der Waals surface area contributed by atoms with Gasteiger partial charge in [0.05, 0.1) is 4.88 Å². The maximum Gasteiger partial charge on any atom is 0.406 e. The Balaban J connectivity index is 1.85. The fourth-order valence-corrected chi connectivity index (χ4v) is 3.55.